The Labute approximate surface area is 119 Å². The number of pyridine rings is 1. The summed E-state index contributed by atoms with van der Waals surface area (Å²) in [5.74, 6) is -0.0326. The van der Waals surface area contributed by atoms with E-state index in [0.29, 0.717) is 16.5 Å². The molecular weight excluding hydrogens is 278 g/mol. The number of fused-ring (bicyclic) bond motifs is 1. The van der Waals surface area contributed by atoms with Crippen molar-refractivity contribution < 1.29 is 4.79 Å². The van der Waals surface area contributed by atoms with Crippen LogP contribution in [0.4, 0.5) is 5.95 Å². The van der Waals surface area contributed by atoms with Crippen molar-refractivity contribution in [1.29, 1.82) is 0 Å². The van der Waals surface area contributed by atoms with E-state index in [1.54, 1.807) is 13.1 Å². The number of anilines is 1. The van der Waals surface area contributed by atoms with Gasteiger partial charge in [0.2, 0.25) is 5.95 Å². The summed E-state index contributed by atoms with van der Waals surface area (Å²) in [6, 6.07) is 8.91. The monoisotopic (exact) mass is 287 g/mol. The number of nitrogens with one attached hydrogen (secondary N) is 1. The summed E-state index contributed by atoms with van der Waals surface area (Å²) in [6.07, 6.45) is 1.36. The molecule has 7 heteroatoms. The van der Waals surface area contributed by atoms with Gasteiger partial charge in [0.25, 0.3) is 5.91 Å². The van der Waals surface area contributed by atoms with Gasteiger partial charge in [0, 0.05) is 12.4 Å². The van der Waals surface area contributed by atoms with E-state index >= 15 is 0 Å². The molecule has 3 aromatic rings. The highest BCUT2D eigenvalue weighted by atomic mass is 35.5. The van der Waals surface area contributed by atoms with Crippen LogP contribution in [-0.4, -0.2) is 25.7 Å². The van der Waals surface area contributed by atoms with Crippen LogP contribution in [0, 0.1) is 0 Å². The second-order valence-electron chi connectivity index (χ2n) is 4.17. The van der Waals surface area contributed by atoms with Gasteiger partial charge in [0.1, 0.15) is 12.0 Å². The summed E-state index contributed by atoms with van der Waals surface area (Å²) in [5.41, 5.74) is 0.903. The van der Waals surface area contributed by atoms with Gasteiger partial charge in [0.15, 0.2) is 0 Å². The molecule has 0 saturated carbocycles. The topological polar surface area (TPSA) is 72.7 Å². The Kier molecular flexibility index (Phi) is 3.08. The molecule has 1 amide bonds. The van der Waals surface area contributed by atoms with Gasteiger partial charge in [-0.05, 0) is 12.1 Å². The Bertz CT molecular complexity index is 798. The molecule has 1 N–H and O–H groups in total. The third-order valence-electron chi connectivity index (χ3n) is 2.84. The maximum Gasteiger partial charge on any atom is 0.276 e. The summed E-state index contributed by atoms with van der Waals surface area (Å²) in [7, 11) is 1.68. The molecule has 100 valence electrons. The number of aryl methyl sites for hydroxylation is 1. The minimum atomic E-state index is -0.381. The number of nitrogens with zero attached hydrogens (tertiary/aromatic N) is 4. The smallest absolute Gasteiger partial charge is 0.276 e. The first-order valence-electron chi connectivity index (χ1n) is 5.86. The summed E-state index contributed by atoms with van der Waals surface area (Å²) in [5, 5.41) is 7.80. The van der Waals surface area contributed by atoms with Crippen molar-refractivity contribution in [1.82, 2.24) is 19.7 Å². The fourth-order valence-corrected chi connectivity index (χ4v) is 2.09. The van der Waals surface area contributed by atoms with Crippen LogP contribution >= 0.6 is 11.6 Å². The van der Waals surface area contributed by atoms with E-state index in [-0.39, 0.29) is 11.6 Å². The highest BCUT2D eigenvalue weighted by molar-refractivity contribution is 6.35. The number of amides is 1. The Hall–Kier alpha value is -2.47. The SMILES string of the molecule is Cn1ncnc1NC(=O)c1cc(Cl)c2ccccc2n1. The second kappa shape index (κ2) is 4.90. The lowest BCUT2D eigenvalue weighted by Gasteiger charge is -2.06. The minimum Gasteiger partial charge on any atom is -0.289 e. The average Bonchev–Trinajstić information content (AvgIpc) is 2.84. The zero-order valence-corrected chi connectivity index (χ0v) is 11.3. The number of carbonyl (C=O) groups is 1. The van der Waals surface area contributed by atoms with Gasteiger partial charge in [-0.3, -0.25) is 10.1 Å². The molecule has 20 heavy (non-hydrogen) atoms. The Balaban J connectivity index is 1.98. The van der Waals surface area contributed by atoms with Crippen LogP contribution in [0.2, 0.25) is 5.02 Å². The molecule has 0 aliphatic rings. The van der Waals surface area contributed by atoms with Crippen LogP contribution in [-0.2, 0) is 7.05 Å². The average molecular weight is 288 g/mol. The van der Waals surface area contributed by atoms with Crippen LogP contribution in [0.3, 0.4) is 0 Å². The summed E-state index contributed by atoms with van der Waals surface area (Å²) in [4.78, 5) is 20.4. The van der Waals surface area contributed by atoms with Gasteiger partial charge < -0.3 is 0 Å². The Morgan fingerprint density at radius 1 is 1.35 bits per heavy atom. The molecule has 0 atom stereocenters. The molecule has 0 aliphatic heterocycles. The normalized spacial score (nSPS) is 10.7. The van der Waals surface area contributed by atoms with Crippen molar-refractivity contribution in [3.63, 3.8) is 0 Å². The van der Waals surface area contributed by atoms with Gasteiger partial charge in [0.05, 0.1) is 10.5 Å². The number of para-hydroxylation sites is 1. The van der Waals surface area contributed by atoms with Gasteiger partial charge in [-0.2, -0.15) is 10.1 Å². The predicted molar refractivity (Wildman–Crippen MR) is 75.7 cm³/mol. The van der Waals surface area contributed by atoms with Gasteiger partial charge in [-0.15, -0.1) is 0 Å². The third-order valence-corrected chi connectivity index (χ3v) is 3.15. The number of rotatable bonds is 2. The number of carbonyl (C=O) groups excluding carboxylic acids is 1. The highest BCUT2D eigenvalue weighted by Gasteiger charge is 2.13. The lowest BCUT2D eigenvalue weighted by Crippen LogP contribution is -2.16. The molecule has 2 heterocycles. The fourth-order valence-electron chi connectivity index (χ4n) is 1.82. The van der Waals surface area contributed by atoms with Crippen LogP contribution in [0.1, 0.15) is 10.5 Å². The second-order valence-corrected chi connectivity index (χ2v) is 4.58. The maximum absolute atomic E-state index is 12.1. The fraction of sp³-hybridized carbons (Fsp3) is 0.0769. The van der Waals surface area contributed by atoms with E-state index in [2.05, 4.69) is 20.4 Å². The van der Waals surface area contributed by atoms with Crippen LogP contribution in [0.5, 0.6) is 0 Å². The molecule has 0 bridgehead atoms. The van der Waals surface area contributed by atoms with E-state index in [0.717, 1.165) is 5.39 Å². The van der Waals surface area contributed by atoms with E-state index in [1.807, 2.05) is 18.2 Å². The van der Waals surface area contributed by atoms with E-state index in [4.69, 9.17) is 11.6 Å². The van der Waals surface area contributed by atoms with Crippen molar-refractivity contribution in [3.05, 3.63) is 47.4 Å². The molecule has 0 saturated heterocycles. The van der Waals surface area contributed by atoms with Crippen LogP contribution < -0.4 is 5.32 Å². The molecular formula is C13H10ClN5O. The largest absolute Gasteiger partial charge is 0.289 e. The molecule has 0 unspecified atom stereocenters. The summed E-state index contributed by atoms with van der Waals surface area (Å²) < 4.78 is 1.46. The first-order chi connectivity index (χ1) is 9.65. The molecule has 1 aromatic carbocycles. The first-order valence-corrected chi connectivity index (χ1v) is 6.23. The summed E-state index contributed by atoms with van der Waals surface area (Å²) in [6.45, 7) is 0. The molecule has 0 fully saturated rings. The predicted octanol–water partition coefficient (Wildman–Crippen LogP) is 2.27. The molecule has 3 rings (SSSR count). The molecule has 0 radical (unpaired) electrons. The lowest BCUT2D eigenvalue weighted by atomic mass is 10.2. The van der Waals surface area contributed by atoms with Gasteiger partial charge in [-0.25, -0.2) is 9.67 Å². The molecule has 2 aromatic heterocycles. The van der Waals surface area contributed by atoms with Crippen molar-refractivity contribution in [3.8, 4) is 0 Å². The zero-order valence-electron chi connectivity index (χ0n) is 10.5. The van der Waals surface area contributed by atoms with Crippen molar-refractivity contribution in [2.45, 2.75) is 0 Å². The Morgan fingerprint density at radius 3 is 2.90 bits per heavy atom. The number of hydrogen-bond acceptors (Lipinski definition) is 4. The quantitative estimate of drug-likeness (QED) is 0.785. The zero-order chi connectivity index (χ0) is 14.1. The van der Waals surface area contributed by atoms with E-state index in [9.17, 15) is 4.79 Å². The van der Waals surface area contributed by atoms with Crippen LogP contribution in [0.25, 0.3) is 10.9 Å². The van der Waals surface area contributed by atoms with E-state index in [1.165, 1.54) is 17.1 Å². The number of aromatic nitrogens is 4. The number of hydrogen-bond donors (Lipinski definition) is 1. The number of halogens is 1. The van der Waals surface area contributed by atoms with Crippen molar-refractivity contribution in [2.24, 2.45) is 7.05 Å². The summed E-state index contributed by atoms with van der Waals surface area (Å²) >= 11 is 6.17. The standard InChI is InChI=1S/C13H10ClN5O/c1-19-13(15-7-16-19)18-12(20)11-6-9(14)8-4-2-3-5-10(8)17-11/h2-7H,1H3,(H,15,16,18,20). The van der Waals surface area contributed by atoms with E-state index < -0.39 is 0 Å². The molecule has 0 aliphatic carbocycles. The molecule has 6 nitrogen and oxygen atoms in total. The maximum atomic E-state index is 12.1. The Morgan fingerprint density at radius 2 is 2.15 bits per heavy atom. The van der Waals surface area contributed by atoms with Gasteiger partial charge in [-0.1, -0.05) is 29.8 Å². The highest BCUT2D eigenvalue weighted by Crippen LogP contribution is 2.23. The number of benzene rings is 1. The van der Waals surface area contributed by atoms with Crippen LogP contribution in [0.15, 0.2) is 36.7 Å². The molecule has 0 spiro atoms. The van der Waals surface area contributed by atoms with Gasteiger partial charge >= 0.3 is 0 Å². The van der Waals surface area contributed by atoms with Crippen molar-refractivity contribution >= 4 is 34.4 Å². The third kappa shape index (κ3) is 2.21. The first kappa shape index (κ1) is 12.6. The lowest BCUT2D eigenvalue weighted by molar-refractivity contribution is 0.102. The minimum absolute atomic E-state index is 0.233. The van der Waals surface area contributed by atoms with Crippen molar-refractivity contribution in [2.75, 3.05) is 5.32 Å².